The molecule has 0 saturated heterocycles. The number of carbonyl (C=O) groups is 2. The molecule has 0 heterocycles. The highest BCUT2D eigenvalue weighted by molar-refractivity contribution is 6.26. The molecule has 0 aromatic rings. The minimum Gasteiger partial charge on any atom is -0.478 e. The highest BCUT2D eigenvalue weighted by Crippen LogP contribution is 2.13. The van der Waals surface area contributed by atoms with E-state index in [0.29, 0.717) is 0 Å². The molecule has 0 saturated carbocycles. The van der Waals surface area contributed by atoms with Crippen LogP contribution in [0.5, 0.6) is 0 Å². The first-order chi connectivity index (χ1) is 6.52. The summed E-state index contributed by atoms with van der Waals surface area (Å²) in [6.45, 7) is 4.47. The van der Waals surface area contributed by atoms with Gasteiger partial charge in [-0.25, -0.2) is 4.79 Å². The molecule has 0 aliphatic carbocycles. The van der Waals surface area contributed by atoms with E-state index in [-0.39, 0.29) is 11.3 Å². The van der Waals surface area contributed by atoms with Crippen molar-refractivity contribution in [1.82, 2.24) is 0 Å². The third-order valence-electron chi connectivity index (χ3n) is 1.13. The highest BCUT2D eigenvalue weighted by Gasteiger charge is 2.15. The number of allylic oxidation sites excluding steroid dienone is 2. The lowest BCUT2D eigenvalue weighted by Gasteiger charge is -2.05. The van der Waals surface area contributed by atoms with Gasteiger partial charge in [0.2, 0.25) is 0 Å². The number of aliphatic carboxylic acids is 1. The molecule has 0 amide bonds. The monoisotopic (exact) mass is 216 g/mol. The molecule has 0 aliphatic rings. The third kappa shape index (κ3) is 3.91. The second kappa shape index (κ2) is 5.99. The van der Waals surface area contributed by atoms with Crippen LogP contribution in [0.4, 0.5) is 0 Å². The summed E-state index contributed by atoms with van der Waals surface area (Å²) in [6.07, 6.45) is 2.44. The van der Waals surface area contributed by atoms with Crippen molar-refractivity contribution in [2.75, 3.05) is 0 Å². The Balaban J connectivity index is 4.98. The van der Waals surface area contributed by atoms with Gasteiger partial charge in [0.25, 0.3) is 0 Å². The zero-order valence-corrected chi connectivity index (χ0v) is 8.25. The number of hydrogen-bond donors (Lipinski definition) is 1. The van der Waals surface area contributed by atoms with E-state index in [9.17, 15) is 9.59 Å². The Kier molecular flexibility index (Phi) is 5.33. The van der Waals surface area contributed by atoms with E-state index in [2.05, 4.69) is 11.3 Å². The first-order valence-electron chi connectivity index (χ1n) is 3.58. The fourth-order valence-electron chi connectivity index (χ4n) is 0.668. The number of carbonyl (C=O) groups excluding carboxylic acids is 1. The van der Waals surface area contributed by atoms with Crippen molar-refractivity contribution >= 4 is 23.5 Å². The predicted molar refractivity (Wildman–Crippen MR) is 51.6 cm³/mol. The SMILES string of the molecule is C=C/C=C(C(=O)O)\C(=C/Cl)OC(C)=O. The van der Waals surface area contributed by atoms with Crippen molar-refractivity contribution < 1.29 is 19.4 Å². The third-order valence-corrected chi connectivity index (χ3v) is 1.33. The van der Waals surface area contributed by atoms with Gasteiger partial charge in [0.05, 0.1) is 0 Å². The summed E-state index contributed by atoms with van der Waals surface area (Å²) in [7, 11) is 0. The Morgan fingerprint density at radius 3 is 2.36 bits per heavy atom. The van der Waals surface area contributed by atoms with Gasteiger partial charge in [-0.05, 0) is 6.08 Å². The second-order valence-electron chi connectivity index (χ2n) is 2.19. The molecule has 0 rings (SSSR count). The lowest BCUT2D eigenvalue weighted by Crippen LogP contribution is -2.08. The lowest BCUT2D eigenvalue weighted by atomic mass is 10.2. The van der Waals surface area contributed by atoms with E-state index >= 15 is 0 Å². The number of halogens is 1. The maximum absolute atomic E-state index is 10.7. The summed E-state index contributed by atoms with van der Waals surface area (Å²) in [5, 5.41) is 8.71. The van der Waals surface area contributed by atoms with E-state index in [4.69, 9.17) is 16.7 Å². The van der Waals surface area contributed by atoms with E-state index < -0.39 is 11.9 Å². The Bertz CT molecular complexity index is 315. The Morgan fingerprint density at radius 2 is 2.07 bits per heavy atom. The molecule has 0 aromatic heterocycles. The van der Waals surface area contributed by atoms with Gasteiger partial charge in [0.1, 0.15) is 5.57 Å². The maximum Gasteiger partial charge on any atom is 0.339 e. The Labute approximate surface area is 86.1 Å². The minimum atomic E-state index is -1.25. The van der Waals surface area contributed by atoms with Crippen LogP contribution in [0.3, 0.4) is 0 Å². The van der Waals surface area contributed by atoms with Crippen LogP contribution in [-0.4, -0.2) is 17.0 Å². The number of ether oxygens (including phenoxy) is 1. The average molecular weight is 217 g/mol. The Morgan fingerprint density at radius 1 is 1.50 bits per heavy atom. The van der Waals surface area contributed by atoms with E-state index in [1.807, 2.05) is 0 Å². The smallest absolute Gasteiger partial charge is 0.339 e. The molecular formula is C9H9ClO4. The van der Waals surface area contributed by atoms with Crippen LogP contribution in [0.1, 0.15) is 6.92 Å². The van der Waals surface area contributed by atoms with Crippen molar-refractivity contribution in [2.24, 2.45) is 0 Å². The zero-order chi connectivity index (χ0) is 11.1. The molecule has 0 bridgehead atoms. The normalized spacial score (nSPS) is 12.1. The number of carboxylic acids is 1. The average Bonchev–Trinajstić information content (AvgIpc) is 2.10. The molecule has 0 atom stereocenters. The van der Waals surface area contributed by atoms with Gasteiger partial charge in [-0.1, -0.05) is 24.3 Å². The number of rotatable bonds is 4. The van der Waals surface area contributed by atoms with Crippen LogP contribution in [0.25, 0.3) is 0 Å². The summed E-state index contributed by atoms with van der Waals surface area (Å²) < 4.78 is 4.57. The van der Waals surface area contributed by atoms with Crippen LogP contribution in [0, 0.1) is 0 Å². The van der Waals surface area contributed by atoms with Crippen LogP contribution in [-0.2, 0) is 14.3 Å². The van der Waals surface area contributed by atoms with Gasteiger partial charge in [-0.3, -0.25) is 4.79 Å². The molecule has 0 aromatic carbocycles. The van der Waals surface area contributed by atoms with Crippen molar-refractivity contribution in [3.63, 3.8) is 0 Å². The molecular weight excluding hydrogens is 208 g/mol. The molecule has 0 spiro atoms. The van der Waals surface area contributed by atoms with Crippen molar-refractivity contribution in [2.45, 2.75) is 6.92 Å². The summed E-state index contributed by atoms with van der Waals surface area (Å²) in [5.41, 5.74) is 0.649. The van der Waals surface area contributed by atoms with E-state index in [1.54, 1.807) is 0 Å². The van der Waals surface area contributed by atoms with Crippen LogP contribution in [0.2, 0.25) is 0 Å². The fraction of sp³-hybridized carbons (Fsp3) is 0.111. The molecule has 0 radical (unpaired) electrons. The molecule has 1 N–H and O–H groups in total. The largest absolute Gasteiger partial charge is 0.478 e. The first-order valence-corrected chi connectivity index (χ1v) is 4.01. The zero-order valence-electron chi connectivity index (χ0n) is 7.49. The molecule has 0 aliphatic heterocycles. The van der Waals surface area contributed by atoms with Crippen LogP contribution < -0.4 is 0 Å². The second-order valence-corrected chi connectivity index (χ2v) is 2.41. The topological polar surface area (TPSA) is 63.6 Å². The summed E-state index contributed by atoms with van der Waals surface area (Å²) in [4.78, 5) is 21.2. The summed E-state index contributed by atoms with van der Waals surface area (Å²) in [6, 6.07) is 0. The Hall–Kier alpha value is -1.55. The number of esters is 1. The van der Waals surface area contributed by atoms with Gasteiger partial charge in [-0.2, -0.15) is 0 Å². The van der Waals surface area contributed by atoms with Crippen molar-refractivity contribution in [3.05, 3.63) is 35.6 Å². The number of carboxylic acid groups (broad SMARTS) is 1. The molecule has 4 nitrogen and oxygen atoms in total. The summed E-state index contributed by atoms with van der Waals surface area (Å²) in [5.74, 6) is -2.11. The molecule has 76 valence electrons. The first kappa shape index (κ1) is 12.4. The van der Waals surface area contributed by atoms with Gasteiger partial charge < -0.3 is 9.84 Å². The van der Waals surface area contributed by atoms with Gasteiger partial charge in [0.15, 0.2) is 5.76 Å². The maximum atomic E-state index is 10.7. The standard InChI is InChI=1S/C9H9ClO4/c1-3-4-7(9(12)13)8(5-10)14-6(2)11/h3-5H,1H2,2H3,(H,12,13)/b7-4+,8-5+. The molecule has 0 unspecified atom stereocenters. The van der Waals surface area contributed by atoms with E-state index in [1.165, 1.54) is 12.2 Å². The predicted octanol–water partition coefficient (Wildman–Crippen LogP) is 1.83. The van der Waals surface area contributed by atoms with Crippen molar-refractivity contribution in [3.8, 4) is 0 Å². The molecule has 14 heavy (non-hydrogen) atoms. The lowest BCUT2D eigenvalue weighted by molar-refractivity contribution is -0.137. The quantitative estimate of drug-likeness (QED) is 0.337. The highest BCUT2D eigenvalue weighted by atomic mass is 35.5. The number of hydrogen-bond acceptors (Lipinski definition) is 3. The van der Waals surface area contributed by atoms with Gasteiger partial charge in [-0.15, -0.1) is 0 Å². The van der Waals surface area contributed by atoms with Crippen LogP contribution in [0.15, 0.2) is 35.6 Å². The summed E-state index contributed by atoms with van der Waals surface area (Å²) >= 11 is 5.31. The van der Waals surface area contributed by atoms with Gasteiger partial charge in [0, 0.05) is 12.5 Å². The van der Waals surface area contributed by atoms with Crippen molar-refractivity contribution in [1.29, 1.82) is 0 Å². The van der Waals surface area contributed by atoms with Gasteiger partial charge >= 0.3 is 11.9 Å². The molecule has 0 fully saturated rings. The minimum absolute atomic E-state index is 0.216. The van der Waals surface area contributed by atoms with Crippen LogP contribution >= 0.6 is 11.6 Å². The molecule has 5 heteroatoms. The van der Waals surface area contributed by atoms with E-state index in [0.717, 1.165) is 12.5 Å². The fourth-order valence-corrected chi connectivity index (χ4v) is 0.830.